The van der Waals surface area contributed by atoms with Crippen LogP contribution < -0.4 is 0 Å². The van der Waals surface area contributed by atoms with E-state index in [1.165, 1.54) is 0 Å². The average Bonchev–Trinajstić information content (AvgIpc) is 1.86. The van der Waals surface area contributed by atoms with Crippen LogP contribution >= 0.6 is 0 Å². The van der Waals surface area contributed by atoms with Crippen LogP contribution in [0.15, 0.2) is 0 Å². The highest BCUT2D eigenvalue weighted by atomic mass is 16.4. The van der Waals surface area contributed by atoms with Gasteiger partial charge >= 0.3 is 5.97 Å². The van der Waals surface area contributed by atoms with Gasteiger partial charge in [-0.2, -0.15) is 0 Å². The molecular weight excluding hydrogens is 152 g/mol. The van der Waals surface area contributed by atoms with Crippen LogP contribution in [0.3, 0.4) is 0 Å². The number of hydrogen-bond donors (Lipinski definition) is 1. The molecule has 2 nitrogen and oxygen atoms in total. The van der Waals surface area contributed by atoms with Crippen LogP contribution in [-0.2, 0) is 4.79 Å². The molecule has 2 atom stereocenters. The van der Waals surface area contributed by atoms with Gasteiger partial charge in [-0.25, -0.2) is 0 Å². The second-order valence-corrected chi connectivity index (χ2v) is 4.51. The molecule has 0 saturated carbocycles. The van der Waals surface area contributed by atoms with E-state index < -0.39 is 5.97 Å². The predicted octanol–water partition coefficient (Wildman–Crippen LogP) is 2.78. The van der Waals surface area contributed by atoms with Crippen molar-refractivity contribution in [2.24, 2.45) is 17.3 Å². The summed E-state index contributed by atoms with van der Waals surface area (Å²) in [5, 5.41) is 8.91. The van der Waals surface area contributed by atoms with Gasteiger partial charge in [-0.3, -0.25) is 4.79 Å². The van der Waals surface area contributed by atoms with E-state index in [0.29, 0.717) is 6.42 Å². The van der Waals surface area contributed by atoms with Crippen molar-refractivity contribution >= 4 is 5.97 Å². The van der Waals surface area contributed by atoms with Crippen LogP contribution in [0.25, 0.3) is 0 Å². The van der Waals surface area contributed by atoms with Crippen molar-refractivity contribution in [3.8, 4) is 0 Å². The zero-order valence-electron chi connectivity index (χ0n) is 8.72. The summed E-state index contributed by atoms with van der Waals surface area (Å²) in [5.41, 5.74) is 0.0824. The Labute approximate surface area is 75.0 Å². The van der Waals surface area contributed by atoms with Gasteiger partial charge in [0.2, 0.25) is 0 Å². The minimum absolute atomic E-state index is 0.0824. The summed E-state index contributed by atoms with van der Waals surface area (Å²) in [6.07, 6.45) is 0.716. The van der Waals surface area contributed by atoms with Gasteiger partial charge in [0.05, 0.1) is 5.92 Å². The van der Waals surface area contributed by atoms with Gasteiger partial charge in [0.1, 0.15) is 0 Å². The molecule has 0 radical (unpaired) electrons. The van der Waals surface area contributed by atoms with Crippen LogP contribution in [0.1, 0.15) is 41.0 Å². The third-order valence-corrected chi connectivity index (χ3v) is 2.73. The van der Waals surface area contributed by atoms with E-state index in [1.54, 1.807) is 0 Å². The lowest BCUT2D eigenvalue weighted by molar-refractivity contribution is -0.145. The maximum atomic E-state index is 10.8. The van der Waals surface area contributed by atoms with Crippen molar-refractivity contribution in [3.05, 3.63) is 0 Å². The Kier molecular flexibility index (Phi) is 3.75. The highest BCUT2D eigenvalue weighted by Gasteiger charge is 2.31. The maximum Gasteiger partial charge on any atom is 0.306 e. The van der Waals surface area contributed by atoms with E-state index in [0.717, 1.165) is 0 Å². The molecule has 2 heteroatoms. The molecule has 0 spiro atoms. The third-order valence-electron chi connectivity index (χ3n) is 2.73. The first-order chi connectivity index (χ1) is 5.30. The molecule has 0 aromatic rings. The second kappa shape index (κ2) is 3.92. The zero-order valence-corrected chi connectivity index (χ0v) is 8.72. The molecule has 0 fully saturated rings. The smallest absolute Gasteiger partial charge is 0.306 e. The van der Waals surface area contributed by atoms with Crippen molar-refractivity contribution in [1.82, 2.24) is 0 Å². The standard InChI is InChI=1S/C10H20O2/c1-6-8(9(11)12)7(2)10(3,4)5/h7-8H,6H2,1-5H3,(H,11,12). The lowest BCUT2D eigenvalue weighted by atomic mass is 9.73. The fourth-order valence-corrected chi connectivity index (χ4v) is 1.35. The number of carbonyl (C=O) groups is 1. The molecule has 0 aromatic carbocycles. The van der Waals surface area contributed by atoms with E-state index in [2.05, 4.69) is 20.8 Å². The SMILES string of the molecule is CCC(C(=O)O)C(C)C(C)(C)C. The minimum Gasteiger partial charge on any atom is -0.481 e. The average molecular weight is 172 g/mol. The molecule has 0 aliphatic heterocycles. The molecular formula is C10H20O2. The van der Waals surface area contributed by atoms with Crippen molar-refractivity contribution in [3.63, 3.8) is 0 Å². The molecule has 0 aliphatic rings. The van der Waals surface area contributed by atoms with Crippen LogP contribution in [0.4, 0.5) is 0 Å². The fourth-order valence-electron chi connectivity index (χ4n) is 1.35. The van der Waals surface area contributed by atoms with E-state index in [-0.39, 0.29) is 17.3 Å². The molecule has 0 rings (SSSR count). The van der Waals surface area contributed by atoms with Gasteiger partial charge in [-0.05, 0) is 17.8 Å². The van der Waals surface area contributed by atoms with Gasteiger partial charge < -0.3 is 5.11 Å². The van der Waals surface area contributed by atoms with Crippen LogP contribution in [-0.4, -0.2) is 11.1 Å². The number of aliphatic carboxylic acids is 1. The van der Waals surface area contributed by atoms with Crippen molar-refractivity contribution < 1.29 is 9.90 Å². The fraction of sp³-hybridized carbons (Fsp3) is 0.900. The molecule has 0 bridgehead atoms. The minimum atomic E-state index is -0.667. The lowest BCUT2D eigenvalue weighted by Crippen LogP contribution is -2.30. The highest BCUT2D eigenvalue weighted by molar-refractivity contribution is 5.70. The molecule has 0 aliphatic carbocycles. The van der Waals surface area contributed by atoms with Crippen LogP contribution in [0.2, 0.25) is 0 Å². The molecule has 0 aromatic heterocycles. The summed E-state index contributed by atoms with van der Waals surface area (Å²) < 4.78 is 0. The molecule has 0 amide bonds. The first-order valence-electron chi connectivity index (χ1n) is 4.53. The van der Waals surface area contributed by atoms with Crippen molar-refractivity contribution in [2.45, 2.75) is 41.0 Å². The number of carboxylic acid groups (broad SMARTS) is 1. The second-order valence-electron chi connectivity index (χ2n) is 4.51. The summed E-state index contributed by atoms with van der Waals surface area (Å²) in [5.74, 6) is -0.648. The summed E-state index contributed by atoms with van der Waals surface area (Å²) in [6, 6.07) is 0. The van der Waals surface area contributed by atoms with E-state index in [1.807, 2.05) is 13.8 Å². The van der Waals surface area contributed by atoms with Gasteiger partial charge in [-0.1, -0.05) is 34.6 Å². The Morgan fingerprint density at radius 3 is 1.92 bits per heavy atom. The van der Waals surface area contributed by atoms with E-state index in [9.17, 15) is 4.79 Å². The number of carboxylic acids is 1. The first-order valence-corrected chi connectivity index (χ1v) is 4.53. The van der Waals surface area contributed by atoms with E-state index in [4.69, 9.17) is 5.11 Å². The summed E-state index contributed by atoms with van der Waals surface area (Å²) >= 11 is 0. The Bertz CT molecular complexity index is 156. The quantitative estimate of drug-likeness (QED) is 0.710. The normalized spacial score (nSPS) is 17.1. The Balaban J connectivity index is 4.42. The van der Waals surface area contributed by atoms with Gasteiger partial charge in [0, 0.05) is 0 Å². The van der Waals surface area contributed by atoms with Gasteiger partial charge in [0.25, 0.3) is 0 Å². The Morgan fingerprint density at radius 2 is 1.83 bits per heavy atom. The highest BCUT2D eigenvalue weighted by Crippen LogP contribution is 2.33. The summed E-state index contributed by atoms with van der Waals surface area (Å²) in [4.78, 5) is 10.8. The lowest BCUT2D eigenvalue weighted by Gasteiger charge is -2.31. The molecule has 2 unspecified atom stereocenters. The van der Waals surface area contributed by atoms with Crippen molar-refractivity contribution in [1.29, 1.82) is 0 Å². The molecule has 0 heterocycles. The van der Waals surface area contributed by atoms with E-state index >= 15 is 0 Å². The Hall–Kier alpha value is -0.530. The first kappa shape index (κ1) is 11.5. The number of hydrogen-bond acceptors (Lipinski definition) is 1. The molecule has 72 valence electrons. The Morgan fingerprint density at radius 1 is 1.42 bits per heavy atom. The third kappa shape index (κ3) is 2.84. The maximum absolute atomic E-state index is 10.8. The zero-order chi connectivity index (χ0) is 9.94. The summed E-state index contributed by atoms with van der Waals surface area (Å²) in [7, 11) is 0. The molecule has 1 N–H and O–H groups in total. The monoisotopic (exact) mass is 172 g/mol. The largest absolute Gasteiger partial charge is 0.481 e. The topological polar surface area (TPSA) is 37.3 Å². The predicted molar refractivity (Wildman–Crippen MR) is 50.0 cm³/mol. The van der Waals surface area contributed by atoms with Crippen molar-refractivity contribution in [2.75, 3.05) is 0 Å². The summed E-state index contributed by atoms with van der Waals surface area (Å²) in [6.45, 7) is 10.2. The van der Waals surface area contributed by atoms with Gasteiger partial charge in [-0.15, -0.1) is 0 Å². The molecule has 0 saturated heterocycles. The van der Waals surface area contributed by atoms with Gasteiger partial charge in [0.15, 0.2) is 0 Å². The molecule has 12 heavy (non-hydrogen) atoms. The number of rotatable bonds is 3. The van der Waals surface area contributed by atoms with Crippen LogP contribution in [0.5, 0.6) is 0 Å². The van der Waals surface area contributed by atoms with Crippen LogP contribution in [0, 0.1) is 17.3 Å².